The van der Waals surface area contributed by atoms with Gasteiger partial charge < -0.3 is 5.32 Å². The van der Waals surface area contributed by atoms with Crippen LogP contribution in [0.4, 0.5) is 0 Å². The minimum absolute atomic E-state index is 0.775. The first-order valence-electron chi connectivity index (χ1n) is 13.4. The van der Waals surface area contributed by atoms with Crippen molar-refractivity contribution in [2.24, 2.45) is 0 Å². The summed E-state index contributed by atoms with van der Waals surface area (Å²) >= 11 is 0. The second kappa shape index (κ2) is 11.8. The predicted molar refractivity (Wildman–Crippen MR) is 159 cm³/mol. The van der Waals surface area contributed by atoms with Gasteiger partial charge in [0.2, 0.25) is 0 Å². The zero-order valence-corrected chi connectivity index (χ0v) is 21.8. The Bertz CT molecular complexity index is 1480. The zero-order chi connectivity index (χ0) is 26.3. The van der Waals surface area contributed by atoms with Gasteiger partial charge in [-0.3, -0.25) is 9.36 Å². The lowest BCUT2D eigenvalue weighted by atomic mass is 10.1. The Kier molecular flexibility index (Phi) is 7.41. The van der Waals surface area contributed by atoms with Crippen molar-refractivity contribution in [1.82, 2.24) is 24.9 Å². The molecule has 4 aromatic carbocycles. The lowest BCUT2D eigenvalue weighted by Crippen LogP contribution is -2.25. The van der Waals surface area contributed by atoms with E-state index in [9.17, 15) is 0 Å². The van der Waals surface area contributed by atoms with E-state index in [1.807, 2.05) is 24.3 Å². The number of nitrogens with zero attached hydrogens (tertiary/aromatic N) is 4. The van der Waals surface area contributed by atoms with Crippen LogP contribution in [-0.2, 0) is 13.1 Å². The quantitative estimate of drug-likeness (QED) is 0.202. The van der Waals surface area contributed by atoms with E-state index in [-0.39, 0.29) is 0 Å². The summed E-state index contributed by atoms with van der Waals surface area (Å²) < 4.78 is 4.23. The fourth-order valence-corrected chi connectivity index (χ4v) is 4.85. The minimum Gasteiger partial charge on any atom is -0.313 e. The molecular formula is C34H31N5. The van der Waals surface area contributed by atoms with E-state index in [0.29, 0.717) is 0 Å². The molecule has 5 nitrogen and oxygen atoms in total. The van der Waals surface area contributed by atoms with E-state index in [1.54, 1.807) is 0 Å². The molecule has 0 saturated heterocycles. The molecule has 0 radical (unpaired) electrons. The van der Waals surface area contributed by atoms with E-state index >= 15 is 0 Å². The second-order valence-corrected chi connectivity index (χ2v) is 9.49. The van der Waals surface area contributed by atoms with Crippen LogP contribution in [0.25, 0.3) is 45.0 Å². The van der Waals surface area contributed by atoms with Crippen molar-refractivity contribution in [1.29, 1.82) is 0 Å². The molecule has 0 aliphatic heterocycles. The van der Waals surface area contributed by atoms with Crippen LogP contribution in [-0.4, -0.2) is 32.7 Å². The molecule has 0 bridgehead atoms. The number of nitrogens with one attached hydrogen (secondary N) is 1. The highest BCUT2D eigenvalue weighted by Crippen LogP contribution is 2.27. The molecule has 192 valence electrons. The third kappa shape index (κ3) is 5.74. The maximum Gasteiger partial charge on any atom is 0.0929 e. The monoisotopic (exact) mass is 509 g/mol. The fourth-order valence-electron chi connectivity index (χ4n) is 4.85. The maximum atomic E-state index is 4.96. The summed E-state index contributed by atoms with van der Waals surface area (Å²) in [5, 5.41) is 13.5. The van der Waals surface area contributed by atoms with E-state index in [4.69, 9.17) is 10.2 Å². The molecule has 2 heterocycles. The number of aromatic nitrogens is 4. The van der Waals surface area contributed by atoms with Gasteiger partial charge in [-0.2, -0.15) is 10.2 Å². The molecule has 0 atom stereocenters. The van der Waals surface area contributed by atoms with Crippen LogP contribution < -0.4 is 5.32 Å². The normalized spacial score (nSPS) is 11.1. The summed E-state index contributed by atoms with van der Waals surface area (Å²) in [6, 6.07) is 46.1. The summed E-state index contributed by atoms with van der Waals surface area (Å²) in [5.74, 6) is 0. The molecule has 39 heavy (non-hydrogen) atoms. The van der Waals surface area contributed by atoms with Crippen molar-refractivity contribution in [3.8, 4) is 45.0 Å². The Morgan fingerprint density at radius 3 is 1.13 bits per heavy atom. The van der Waals surface area contributed by atoms with Gasteiger partial charge in [-0.25, -0.2) is 0 Å². The van der Waals surface area contributed by atoms with Crippen LogP contribution in [0.2, 0.25) is 0 Å². The van der Waals surface area contributed by atoms with Gasteiger partial charge in [0.15, 0.2) is 0 Å². The molecule has 0 fully saturated rings. The summed E-state index contributed by atoms with van der Waals surface area (Å²) in [6.45, 7) is 3.17. The fraction of sp³-hybridized carbons (Fsp3) is 0.118. The molecule has 6 rings (SSSR count). The number of hydrogen-bond acceptors (Lipinski definition) is 3. The highest BCUT2D eigenvalue weighted by atomic mass is 15.3. The Hall–Kier alpha value is -4.74. The summed E-state index contributed by atoms with van der Waals surface area (Å²) in [4.78, 5) is 0. The maximum absolute atomic E-state index is 4.96. The van der Waals surface area contributed by atoms with Gasteiger partial charge in [-0.1, -0.05) is 121 Å². The van der Waals surface area contributed by atoms with E-state index in [0.717, 1.165) is 60.1 Å². The van der Waals surface area contributed by atoms with E-state index in [1.165, 1.54) is 11.1 Å². The molecule has 0 aliphatic carbocycles. The Labute approximate surface area is 229 Å². The molecular weight excluding hydrogens is 478 g/mol. The number of hydrogen-bond donors (Lipinski definition) is 1. The lowest BCUT2D eigenvalue weighted by molar-refractivity contribution is 0.519. The van der Waals surface area contributed by atoms with Gasteiger partial charge in [0.05, 0.1) is 35.9 Å². The Morgan fingerprint density at radius 1 is 0.436 bits per heavy atom. The van der Waals surface area contributed by atoms with E-state index in [2.05, 4.69) is 124 Å². The van der Waals surface area contributed by atoms with Crippen molar-refractivity contribution in [3.63, 3.8) is 0 Å². The molecule has 0 aliphatic rings. The summed E-state index contributed by atoms with van der Waals surface area (Å²) in [7, 11) is 0. The van der Waals surface area contributed by atoms with Gasteiger partial charge in [-0.15, -0.1) is 0 Å². The Balaban J connectivity index is 1.16. The van der Waals surface area contributed by atoms with Crippen molar-refractivity contribution < 1.29 is 0 Å². The molecule has 0 spiro atoms. The Morgan fingerprint density at radius 2 is 0.769 bits per heavy atom. The van der Waals surface area contributed by atoms with Gasteiger partial charge in [0.25, 0.3) is 0 Å². The van der Waals surface area contributed by atoms with E-state index < -0.39 is 0 Å². The van der Waals surface area contributed by atoms with Crippen LogP contribution in [0.5, 0.6) is 0 Å². The smallest absolute Gasteiger partial charge is 0.0929 e. The van der Waals surface area contributed by atoms with Crippen molar-refractivity contribution in [3.05, 3.63) is 133 Å². The zero-order valence-electron chi connectivity index (χ0n) is 21.8. The number of rotatable bonds is 10. The van der Waals surface area contributed by atoms with Crippen molar-refractivity contribution in [2.45, 2.75) is 13.1 Å². The van der Waals surface area contributed by atoms with Crippen molar-refractivity contribution >= 4 is 0 Å². The molecule has 5 heteroatoms. The topological polar surface area (TPSA) is 47.7 Å². The predicted octanol–water partition coefficient (Wildman–Crippen LogP) is 7.04. The largest absolute Gasteiger partial charge is 0.313 e. The molecule has 0 unspecified atom stereocenters. The SMILES string of the molecule is c1ccc(-c2cc(-c3ccccc3)n(CCNCCn3nc(-c4ccccc4)cc3-c3ccccc3)n2)cc1. The van der Waals surface area contributed by atoms with Crippen LogP contribution in [0.3, 0.4) is 0 Å². The van der Waals surface area contributed by atoms with Crippen LogP contribution in [0.15, 0.2) is 133 Å². The molecule has 0 saturated carbocycles. The van der Waals surface area contributed by atoms with Gasteiger partial charge in [0, 0.05) is 24.2 Å². The molecule has 1 N–H and O–H groups in total. The van der Waals surface area contributed by atoms with Crippen LogP contribution >= 0.6 is 0 Å². The van der Waals surface area contributed by atoms with Crippen LogP contribution in [0, 0.1) is 0 Å². The lowest BCUT2D eigenvalue weighted by Gasteiger charge is -2.11. The highest BCUT2D eigenvalue weighted by molar-refractivity contribution is 5.69. The number of benzene rings is 4. The van der Waals surface area contributed by atoms with Gasteiger partial charge in [-0.05, 0) is 23.3 Å². The summed E-state index contributed by atoms with van der Waals surface area (Å²) in [5.41, 5.74) is 8.84. The average Bonchev–Trinajstić information content (AvgIpc) is 3.64. The second-order valence-electron chi connectivity index (χ2n) is 9.49. The van der Waals surface area contributed by atoms with Gasteiger partial charge >= 0.3 is 0 Å². The third-order valence-corrected chi connectivity index (χ3v) is 6.84. The van der Waals surface area contributed by atoms with Gasteiger partial charge in [0.1, 0.15) is 0 Å². The third-order valence-electron chi connectivity index (χ3n) is 6.84. The first kappa shape index (κ1) is 24.6. The molecule has 0 amide bonds. The highest BCUT2D eigenvalue weighted by Gasteiger charge is 2.13. The average molecular weight is 510 g/mol. The first-order valence-corrected chi connectivity index (χ1v) is 13.4. The standard InChI is InChI=1S/C34H31N5/c1-5-13-27(14-6-1)31-25-33(29-17-9-3-10-18-29)38(36-31)23-21-35-22-24-39-34(30-19-11-4-12-20-30)26-32(37-39)28-15-7-2-8-16-28/h1-20,25-26,35H,21-24H2. The summed E-state index contributed by atoms with van der Waals surface area (Å²) in [6.07, 6.45) is 0. The first-order chi connectivity index (χ1) is 19.3. The van der Waals surface area contributed by atoms with Crippen LogP contribution in [0.1, 0.15) is 0 Å². The molecule has 6 aromatic rings. The molecule has 2 aromatic heterocycles. The minimum atomic E-state index is 0.775. The van der Waals surface area contributed by atoms with Crippen molar-refractivity contribution in [2.75, 3.05) is 13.1 Å².